The van der Waals surface area contributed by atoms with Crippen LogP contribution < -0.4 is 0 Å². The number of ether oxygens (including phenoxy) is 1. The molecular formula is C16H6Br2O3. The van der Waals surface area contributed by atoms with E-state index in [4.69, 9.17) is 0 Å². The Morgan fingerprint density at radius 1 is 0.714 bits per heavy atom. The first kappa shape index (κ1) is 13.0. The molecule has 0 radical (unpaired) electrons. The Labute approximate surface area is 136 Å². The van der Waals surface area contributed by atoms with Gasteiger partial charge in [-0.25, -0.2) is 9.59 Å². The van der Waals surface area contributed by atoms with Gasteiger partial charge in [0.15, 0.2) is 0 Å². The Morgan fingerprint density at radius 2 is 1.14 bits per heavy atom. The van der Waals surface area contributed by atoms with Gasteiger partial charge in [-0.2, -0.15) is 0 Å². The molecule has 0 unspecified atom stereocenters. The molecule has 1 aliphatic rings. The van der Waals surface area contributed by atoms with E-state index in [0.717, 1.165) is 30.5 Å². The number of halogens is 2. The van der Waals surface area contributed by atoms with Crippen molar-refractivity contribution < 1.29 is 14.3 Å². The average molecular weight is 406 g/mol. The molecule has 1 aliphatic heterocycles. The quantitative estimate of drug-likeness (QED) is 0.305. The molecule has 0 aliphatic carbocycles. The molecule has 5 heteroatoms. The molecule has 0 aromatic heterocycles. The number of benzene rings is 3. The molecule has 0 fully saturated rings. The summed E-state index contributed by atoms with van der Waals surface area (Å²) >= 11 is 7.20. The monoisotopic (exact) mass is 404 g/mol. The summed E-state index contributed by atoms with van der Waals surface area (Å²) in [6.45, 7) is 0. The molecule has 3 nitrogen and oxygen atoms in total. The van der Waals surface area contributed by atoms with Crippen LogP contribution in [0.25, 0.3) is 21.5 Å². The van der Waals surface area contributed by atoms with Crippen molar-refractivity contribution in [1.82, 2.24) is 0 Å². The second kappa shape index (κ2) is 4.39. The fourth-order valence-electron chi connectivity index (χ4n) is 2.65. The van der Waals surface area contributed by atoms with E-state index in [1.807, 2.05) is 24.3 Å². The number of esters is 2. The number of fused-ring (bicyclic) bond motifs is 3. The number of cyclic esters (lactones) is 2. The van der Waals surface area contributed by atoms with Gasteiger partial charge in [-0.15, -0.1) is 0 Å². The minimum Gasteiger partial charge on any atom is -0.386 e. The van der Waals surface area contributed by atoms with E-state index in [0.29, 0.717) is 11.1 Å². The van der Waals surface area contributed by atoms with Crippen LogP contribution in [0.1, 0.15) is 20.7 Å². The van der Waals surface area contributed by atoms with Gasteiger partial charge in [-0.1, -0.05) is 24.3 Å². The predicted molar refractivity (Wildman–Crippen MR) is 86.6 cm³/mol. The highest BCUT2D eigenvalue weighted by atomic mass is 79.9. The van der Waals surface area contributed by atoms with Gasteiger partial charge < -0.3 is 4.74 Å². The third kappa shape index (κ3) is 1.71. The molecule has 0 N–H and O–H groups in total. The zero-order valence-corrected chi connectivity index (χ0v) is 13.6. The molecule has 3 aromatic carbocycles. The molecular weight excluding hydrogens is 400 g/mol. The summed E-state index contributed by atoms with van der Waals surface area (Å²) in [7, 11) is 0. The molecule has 1 heterocycles. The smallest absolute Gasteiger partial charge is 0.346 e. The summed E-state index contributed by atoms with van der Waals surface area (Å²) in [6, 6.07) is 11.3. The molecule has 21 heavy (non-hydrogen) atoms. The van der Waals surface area contributed by atoms with Crippen molar-refractivity contribution in [3.8, 4) is 0 Å². The van der Waals surface area contributed by atoms with Gasteiger partial charge in [0, 0.05) is 8.95 Å². The van der Waals surface area contributed by atoms with Crippen LogP contribution in [0.5, 0.6) is 0 Å². The van der Waals surface area contributed by atoms with E-state index in [2.05, 4.69) is 36.6 Å². The molecule has 0 atom stereocenters. The predicted octanol–water partition coefficient (Wildman–Crippen LogP) is 4.83. The topological polar surface area (TPSA) is 43.4 Å². The van der Waals surface area contributed by atoms with Crippen molar-refractivity contribution >= 4 is 65.3 Å². The maximum atomic E-state index is 11.7. The second-order valence-corrected chi connectivity index (χ2v) is 6.38. The molecule has 102 valence electrons. The van der Waals surface area contributed by atoms with Crippen molar-refractivity contribution in [2.45, 2.75) is 0 Å². The average Bonchev–Trinajstić information content (AvgIpc) is 2.78. The number of carbonyl (C=O) groups is 2. The summed E-state index contributed by atoms with van der Waals surface area (Å²) in [5.74, 6) is -1.18. The zero-order valence-electron chi connectivity index (χ0n) is 10.4. The van der Waals surface area contributed by atoms with Crippen LogP contribution in [-0.4, -0.2) is 11.9 Å². The minimum atomic E-state index is -0.590. The largest absolute Gasteiger partial charge is 0.386 e. The van der Waals surface area contributed by atoms with E-state index in [1.165, 1.54) is 0 Å². The summed E-state index contributed by atoms with van der Waals surface area (Å²) in [4.78, 5) is 23.4. The first-order valence-electron chi connectivity index (χ1n) is 6.18. The van der Waals surface area contributed by atoms with Crippen LogP contribution in [0.15, 0.2) is 45.3 Å². The number of carbonyl (C=O) groups excluding carboxylic acids is 2. The van der Waals surface area contributed by atoms with Crippen LogP contribution in [0.2, 0.25) is 0 Å². The van der Waals surface area contributed by atoms with Crippen LogP contribution in [-0.2, 0) is 4.74 Å². The first-order chi connectivity index (χ1) is 10.1. The Hall–Kier alpha value is -1.72. The van der Waals surface area contributed by atoms with Crippen LogP contribution >= 0.6 is 31.9 Å². The van der Waals surface area contributed by atoms with Crippen LogP contribution in [0, 0.1) is 0 Å². The molecule has 0 saturated heterocycles. The van der Waals surface area contributed by atoms with E-state index in [9.17, 15) is 9.59 Å². The third-order valence-corrected chi connectivity index (χ3v) is 5.36. The first-order valence-corrected chi connectivity index (χ1v) is 7.76. The standard InChI is InChI=1S/C16H6Br2O3/c17-13-7-3-1-2-4-8(7)14(18)10-6-12-11(5-9(10)13)15(19)21-16(12)20/h1-6H. The number of rotatable bonds is 0. The lowest BCUT2D eigenvalue weighted by atomic mass is 9.99. The highest BCUT2D eigenvalue weighted by molar-refractivity contribution is 9.11. The van der Waals surface area contributed by atoms with Gasteiger partial charge in [0.25, 0.3) is 0 Å². The summed E-state index contributed by atoms with van der Waals surface area (Å²) in [5, 5.41) is 3.81. The van der Waals surface area contributed by atoms with E-state index in [1.54, 1.807) is 12.1 Å². The van der Waals surface area contributed by atoms with Gasteiger partial charge in [0.05, 0.1) is 11.1 Å². The van der Waals surface area contributed by atoms with Crippen LogP contribution in [0.3, 0.4) is 0 Å². The van der Waals surface area contributed by atoms with Gasteiger partial charge in [0.2, 0.25) is 0 Å². The Bertz CT molecular complexity index is 898. The molecule has 0 spiro atoms. The zero-order chi connectivity index (χ0) is 14.7. The van der Waals surface area contributed by atoms with Crippen molar-refractivity contribution in [2.24, 2.45) is 0 Å². The summed E-state index contributed by atoms with van der Waals surface area (Å²) in [6.07, 6.45) is 0. The SMILES string of the molecule is O=C1OC(=O)c2cc3c(Br)c4ccccc4c(Br)c3cc21. The number of hydrogen-bond acceptors (Lipinski definition) is 3. The van der Waals surface area contributed by atoms with Crippen molar-refractivity contribution in [1.29, 1.82) is 0 Å². The lowest BCUT2D eigenvalue weighted by molar-refractivity contribution is 0.0444. The van der Waals surface area contributed by atoms with Gasteiger partial charge in [-0.05, 0) is 65.5 Å². The highest BCUT2D eigenvalue weighted by Gasteiger charge is 2.30. The van der Waals surface area contributed by atoms with Crippen molar-refractivity contribution in [3.05, 3.63) is 56.5 Å². The van der Waals surface area contributed by atoms with E-state index < -0.39 is 11.9 Å². The van der Waals surface area contributed by atoms with Crippen molar-refractivity contribution in [3.63, 3.8) is 0 Å². The Kier molecular flexibility index (Phi) is 2.71. The fraction of sp³-hybridized carbons (Fsp3) is 0. The second-order valence-electron chi connectivity index (χ2n) is 4.79. The van der Waals surface area contributed by atoms with E-state index in [-0.39, 0.29) is 0 Å². The lowest BCUT2D eigenvalue weighted by Crippen LogP contribution is -1.96. The molecule has 0 bridgehead atoms. The summed E-state index contributed by atoms with van der Waals surface area (Å²) in [5.41, 5.74) is 0.630. The van der Waals surface area contributed by atoms with E-state index >= 15 is 0 Å². The van der Waals surface area contributed by atoms with Crippen molar-refractivity contribution in [2.75, 3.05) is 0 Å². The van der Waals surface area contributed by atoms with Gasteiger partial charge >= 0.3 is 11.9 Å². The molecule has 0 amide bonds. The summed E-state index contributed by atoms with van der Waals surface area (Å²) < 4.78 is 6.46. The van der Waals surface area contributed by atoms with Gasteiger partial charge in [-0.3, -0.25) is 0 Å². The third-order valence-electron chi connectivity index (χ3n) is 3.66. The molecule has 3 aromatic rings. The maximum Gasteiger partial charge on any atom is 0.346 e. The lowest BCUT2D eigenvalue weighted by Gasteiger charge is -2.10. The van der Waals surface area contributed by atoms with Gasteiger partial charge in [0.1, 0.15) is 0 Å². The van der Waals surface area contributed by atoms with Crippen LogP contribution in [0.4, 0.5) is 0 Å². The highest BCUT2D eigenvalue weighted by Crippen LogP contribution is 2.41. The Balaban J connectivity index is 2.24. The maximum absolute atomic E-state index is 11.7. The normalized spacial score (nSPS) is 13.8. The minimum absolute atomic E-state index is 0.315. The fourth-order valence-corrected chi connectivity index (χ4v) is 4.00. The Morgan fingerprint density at radius 3 is 1.57 bits per heavy atom. The number of hydrogen-bond donors (Lipinski definition) is 0. The molecule has 0 saturated carbocycles. The molecule has 4 rings (SSSR count).